The fourth-order valence-electron chi connectivity index (χ4n) is 2.22. The van der Waals surface area contributed by atoms with Crippen molar-refractivity contribution in [1.82, 2.24) is 0 Å². The summed E-state index contributed by atoms with van der Waals surface area (Å²) in [6.45, 7) is 1.95. The van der Waals surface area contributed by atoms with E-state index in [0.29, 0.717) is 16.8 Å². The third-order valence-electron chi connectivity index (χ3n) is 3.25. The largest absolute Gasteiger partial charge is 0.311 e. The molecule has 1 saturated heterocycles. The van der Waals surface area contributed by atoms with Crippen LogP contribution < -0.4 is 4.90 Å². The fraction of sp³-hybridized carbons (Fsp3) is 0.308. The lowest BCUT2D eigenvalue weighted by Gasteiger charge is -2.19. The molecule has 2 rings (SSSR count). The first-order valence-corrected chi connectivity index (χ1v) is 6.46. The van der Waals surface area contributed by atoms with Gasteiger partial charge in [0.2, 0.25) is 11.1 Å². The highest BCUT2D eigenvalue weighted by Crippen LogP contribution is 2.30. The van der Waals surface area contributed by atoms with E-state index < -0.39 is 16.4 Å². The van der Waals surface area contributed by atoms with E-state index in [4.69, 9.17) is 23.2 Å². The monoisotopic (exact) mass is 299 g/mol. The van der Waals surface area contributed by atoms with Gasteiger partial charge in [0.05, 0.1) is 5.92 Å². The molecule has 0 bridgehead atoms. The van der Waals surface area contributed by atoms with Crippen LogP contribution in [0.3, 0.4) is 0 Å². The third kappa shape index (κ3) is 2.65. The molecule has 1 atom stereocenters. The minimum absolute atomic E-state index is 0.0980. The molecule has 1 heterocycles. The maximum absolute atomic E-state index is 11.9. The lowest BCUT2D eigenvalue weighted by atomic mass is 10.1. The van der Waals surface area contributed by atoms with Crippen LogP contribution in [-0.2, 0) is 9.59 Å². The average molecular weight is 300 g/mol. The Morgan fingerprint density at radius 2 is 2.00 bits per heavy atom. The van der Waals surface area contributed by atoms with Crippen molar-refractivity contribution in [3.63, 3.8) is 0 Å². The number of hydrogen-bond donors (Lipinski definition) is 0. The van der Waals surface area contributed by atoms with Crippen LogP contribution >= 0.6 is 23.2 Å². The standard InChI is InChI=1S/C13H11Cl2NO3/c1-7-9(13(15)19)3-2-4-10(7)16-6-8(12(14)18)5-11(16)17/h2-4,8H,5-6H2,1H3/t8-/m1/s1. The van der Waals surface area contributed by atoms with Gasteiger partial charge < -0.3 is 4.90 Å². The van der Waals surface area contributed by atoms with Gasteiger partial charge in [-0.05, 0) is 47.8 Å². The smallest absolute Gasteiger partial charge is 0.252 e. The molecule has 0 unspecified atom stereocenters. The van der Waals surface area contributed by atoms with Gasteiger partial charge in [0.15, 0.2) is 0 Å². The Labute approximate surface area is 120 Å². The van der Waals surface area contributed by atoms with Crippen molar-refractivity contribution in [2.45, 2.75) is 13.3 Å². The van der Waals surface area contributed by atoms with Crippen LogP contribution in [0.4, 0.5) is 5.69 Å². The Bertz CT molecular complexity index is 571. The minimum Gasteiger partial charge on any atom is -0.311 e. The van der Waals surface area contributed by atoms with Crippen molar-refractivity contribution in [3.8, 4) is 0 Å². The van der Waals surface area contributed by atoms with E-state index >= 15 is 0 Å². The van der Waals surface area contributed by atoms with E-state index in [-0.39, 0.29) is 18.9 Å². The van der Waals surface area contributed by atoms with Crippen LogP contribution in [0, 0.1) is 12.8 Å². The van der Waals surface area contributed by atoms with E-state index in [0.717, 1.165) is 0 Å². The molecule has 0 aromatic heterocycles. The number of benzene rings is 1. The second-order valence-corrected chi connectivity index (χ2v) is 5.15. The number of carbonyl (C=O) groups is 3. The summed E-state index contributed by atoms with van der Waals surface area (Å²) < 4.78 is 0. The quantitative estimate of drug-likeness (QED) is 0.806. The highest BCUT2D eigenvalue weighted by Gasteiger charge is 2.35. The van der Waals surface area contributed by atoms with Crippen LogP contribution in [-0.4, -0.2) is 22.9 Å². The Balaban J connectivity index is 2.38. The Morgan fingerprint density at radius 3 is 2.53 bits per heavy atom. The van der Waals surface area contributed by atoms with Crippen molar-refractivity contribution in [2.24, 2.45) is 5.92 Å². The SMILES string of the molecule is Cc1c(C(=O)Cl)cccc1N1C[C@H](C(=O)Cl)CC1=O. The van der Waals surface area contributed by atoms with Crippen molar-refractivity contribution >= 4 is 45.3 Å². The molecule has 0 spiro atoms. The minimum atomic E-state index is -0.573. The summed E-state index contributed by atoms with van der Waals surface area (Å²) in [5, 5.41) is -1.09. The second kappa shape index (κ2) is 5.31. The Morgan fingerprint density at radius 1 is 1.32 bits per heavy atom. The number of halogens is 2. The number of rotatable bonds is 3. The van der Waals surface area contributed by atoms with Gasteiger partial charge in [-0.25, -0.2) is 0 Å². The fourth-order valence-corrected chi connectivity index (χ4v) is 2.57. The normalized spacial score (nSPS) is 18.8. The topological polar surface area (TPSA) is 54.5 Å². The van der Waals surface area contributed by atoms with Gasteiger partial charge in [-0.3, -0.25) is 14.4 Å². The average Bonchev–Trinajstić information content (AvgIpc) is 2.71. The summed E-state index contributed by atoms with van der Waals surface area (Å²) in [4.78, 5) is 35.8. The van der Waals surface area contributed by atoms with Gasteiger partial charge >= 0.3 is 0 Å². The summed E-state index contributed by atoms with van der Waals surface area (Å²) in [5.74, 6) is -0.676. The first-order valence-electron chi connectivity index (χ1n) is 5.71. The number of hydrogen-bond acceptors (Lipinski definition) is 3. The molecule has 0 saturated carbocycles. The van der Waals surface area contributed by atoms with Crippen LogP contribution in [0.15, 0.2) is 18.2 Å². The highest BCUT2D eigenvalue weighted by molar-refractivity contribution is 6.68. The summed E-state index contributed by atoms with van der Waals surface area (Å²) in [5.41, 5.74) is 1.57. The number of amides is 1. The predicted molar refractivity (Wildman–Crippen MR) is 72.7 cm³/mol. The van der Waals surface area contributed by atoms with Gasteiger partial charge in [0.25, 0.3) is 5.24 Å². The third-order valence-corrected chi connectivity index (χ3v) is 3.77. The highest BCUT2D eigenvalue weighted by atomic mass is 35.5. The van der Waals surface area contributed by atoms with E-state index in [1.807, 2.05) is 0 Å². The number of anilines is 1. The molecular formula is C13H11Cl2NO3. The zero-order valence-electron chi connectivity index (χ0n) is 10.2. The first kappa shape index (κ1) is 14.0. The molecule has 4 nitrogen and oxygen atoms in total. The molecule has 1 aliphatic rings. The predicted octanol–water partition coefficient (Wildman–Crippen LogP) is 2.49. The van der Waals surface area contributed by atoms with Crippen LogP contribution in [0.25, 0.3) is 0 Å². The molecule has 1 amide bonds. The zero-order valence-corrected chi connectivity index (χ0v) is 11.7. The molecule has 1 aliphatic heterocycles. The van der Waals surface area contributed by atoms with Gasteiger partial charge in [-0.15, -0.1) is 0 Å². The molecule has 100 valence electrons. The Hall–Kier alpha value is -1.39. The zero-order chi connectivity index (χ0) is 14.2. The van der Waals surface area contributed by atoms with Crippen molar-refractivity contribution in [3.05, 3.63) is 29.3 Å². The summed E-state index contributed by atoms with van der Waals surface area (Å²) >= 11 is 10.9. The first-order chi connectivity index (χ1) is 8.91. The van der Waals surface area contributed by atoms with Crippen LogP contribution in [0.5, 0.6) is 0 Å². The van der Waals surface area contributed by atoms with E-state index in [1.165, 1.54) is 4.90 Å². The van der Waals surface area contributed by atoms with Crippen molar-refractivity contribution in [2.75, 3.05) is 11.4 Å². The van der Waals surface area contributed by atoms with E-state index in [2.05, 4.69) is 0 Å². The molecule has 6 heteroatoms. The lowest BCUT2D eigenvalue weighted by Crippen LogP contribution is -2.26. The maximum Gasteiger partial charge on any atom is 0.252 e. The van der Waals surface area contributed by atoms with E-state index in [1.54, 1.807) is 25.1 Å². The molecule has 0 radical (unpaired) electrons. The van der Waals surface area contributed by atoms with Gasteiger partial charge in [0.1, 0.15) is 0 Å². The van der Waals surface area contributed by atoms with Crippen molar-refractivity contribution in [1.29, 1.82) is 0 Å². The molecule has 0 aliphatic carbocycles. The molecular weight excluding hydrogens is 289 g/mol. The van der Waals surface area contributed by atoms with Crippen LogP contribution in [0.2, 0.25) is 0 Å². The van der Waals surface area contributed by atoms with Gasteiger partial charge in [0, 0.05) is 24.2 Å². The number of carbonyl (C=O) groups excluding carboxylic acids is 3. The lowest BCUT2D eigenvalue weighted by molar-refractivity contribution is -0.120. The molecule has 1 fully saturated rings. The summed E-state index contributed by atoms with van der Waals surface area (Å²) in [7, 11) is 0. The second-order valence-electron chi connectivity index (χ2n) is 4.43. The van der Waals surface area contributed by atoms with Gasteiger partial charge in [-0.1, -0.05) is 6.07 Å². The van der Waals surface area contributed by atoms with E-state index in [9.17, 15) is 14.4 Å². The Kier molecular flexibility index (Phi) is 3.92. The molecule has 1 aromatic rings. The molecule has 19 heavy (non-hydrogen) atoms. The summed E-state index contributed by atoms with van der Waals surface area (Å²) in [6.07, 6.45) is 0.0980. The number of nitrogens with zero attached hydrogens (tertiary/aromatic N) is 1. The molecule has 1 aromatic carbocycles. The van der Waals surface area contributed by atoms with Crippen molar-refractivity contribution < 1.29 is 14.4 Å². The maximum atomic E-state index is 11.9. The van der Waals surface area contributed by atoms with Gasteiger partial charge in [-0.2, -0.15) is 0 Å². The molecule has 0 N–H and O–H groups in total. The van der Waals surface area contributed by atoms with Crippen LogP contribution in [0.1, 0.15) is 22.3 Å². The summed E-state index contributed by atoms with van der Waals surface area (Å²) in [6, 6.07) is 4.97.